The number of hydrogen-bond donors (Lipinski definition) is 1. The molecule has 2 atom stereocenters. The molecule has 6 heteroatoms. The van der Waals surface area contributed by atoms with Crippen molar-refractivity contribution in [2.45, 2.75) is 53.0 Å². The van der Waals surface area contributed by atoms with Gasteiger partial charge in [0.15, 0.2) is 5.76 Å². The van der Waals surface area contributed by atoms with Crippen molar-refractivity contribution in [3.05, 3.63) is 40.7 Å². The van der Waals surface area contributed by atoms with Crippen molar-refractivity contribution in [3.63, 3.8) is 0 Å². The van der Waals surface area contributed by atoms with Crippen LogP contribution in [0.15, 0.2) is 28.9 Å². The quantitative estimate of drug-likeness (QED) is 0.812. The maximum absolute atomic E-state index is 13.3. The molecule has 1 aliphatic carbocycles. The lowest BCUT2D eigenvalue weighted by Crippen LogP contribution is -2.37. The summed E-state index contributed by atoms with van der Waals surface area (Å²) in [6, 6.07) is 5.48. The third kappa shape index (κ3) is 3.43. The van der Waals surface area contributed by atoms with Gasteiger partial charge in [-0.15, -0.1) is 11.3 Å². The third-order valence-electron chi connectivity index (χ3n) is 5.77. The topological polar surface area (TPSA) is 62.6 Å². The van der Waals surface area contributed by atoms with E-state index in [2.05, 4.69) is 31.0 Å². The summed E-state index contributed by atoms with van der Waals surface area (Å²) in [6.07, 6.45) is 4.78. The Bertz CT molecular complexity index is 883. The number of hydrogen-bond acceptors (Lipinski definition) is 4. The van der Waals surface area contributed by atoms with Gasteiger partial charge in [-0.3, -0.25) is 9.59 Å². The second-order valence-corrected chi connectivity index (χ2v) is 10.3. The van der Waals surface area contributed by atoms with E-state index in [0.717, 1.165) is 36.2 Å². The normalized spacial score (nSPS) is 26.2. The smallest absolute Gasteiger partial charge is 0.291 e. The maximum atomic E-state index is 13.3. The number of fused-ring (bicyclic) bond motifs is 2. The lowest BCUT2D eigenvalue weighted by atomic mass is 9.65. The van der Waals surface area contributed by atoms with Crippen LogP contribution in [0.5, 0.6) is 0 Å². The van der Waals surface area contributed by atoms with E-state index in [4.69, 9.17) is 4.42 Å². The second-order valence-electron chi connectivity index (χ2n) is 9.20. The molecule has 2 aromatic heterocycles. The van der Waals surface area contributed by atoms with E-state index in [1.165, 1.54) is 17.6 Å². The van der Waals surface area contributed by atoms with Crippen LogP contribution in [0, 0.1) is 17.8 Å². The number of amides is 2. The van der Waals surface area contributed by atoms with E-state index >= 15 is 0 Å². The molecule has 1 aliphatic heterocycles. The van der Waals surface area contributed by atoms with Gasteiger partial charge in [0.2, 0.25) is 0 Å². The van der Waals surface area contributed by atoms with Crippen LogP contribution in [0.1, 0.15) is 65.8 Å². The van der Waals surface area contributed by atoms with Gasteiger partial charge in [0.25, 0.3) is 11.8 Å². The Labute approximate surface area is 163 Å². The Morgan fingerprint density at radius 3 is 2.78 bits per heavy atom. The highest BCUT2D eigenvalue weighted by Crippen LogP contribution is 2.53. The zero-order chi connectivity index (χ0) is 19.4. The first-order valence-corrected chi connectivity index (χ1v) is 10.2. The fourth-order valence-corrected chi connectivity index (χ4v) is 6.19. The molecule has 144 valence electrons. The standard InChI is InChI=1S/C21H26N2O3S/c1-13-8-16(22-18(24)15-6-5-7-26-15)27-17(13)19(25)23-12-21(4)10-14(23)9-20(2,3)11-21/h5-8,14H,9-12H2,1-4H3,(H,22,24)/t14-,21+/m0/s1. The summed E-state index contributed by atoms with van der Waals surface area (Å²) in [4.78, 5) is 28.3. The Hall–Kier alpha value is -2.08. The van der Waals surface area contributed by atoms with E-state index in [1.807, 2.05) is 13.0 Å². The molecule has 3 heterocycles. The number of carbonyl (C=O) groups excluding carboxylic acids is 2. The minimum Gasteiger partial charge on any atom is -0.459 e. The molecule has 1 N–H and O–H groups in total. The van der Waals surface area contributed by atoms with Crippen molar-refractivity contribution < 1.29 is 14.0 Å². The summed E-state index contributed by atoms with van der Waals surface area (Å²) in [5, 5.41) is 3.51. The average Bonchev–Trinajstić information content (AvgIpc) is 3.24. The molecule has 2 amide bonds. The highest BCUT2D eigenvalue weighted by molar-refractivity contribution is 7.18. The molecule has 1 saturated carbocycles. The van der Waals surface area contributed by atoms with Crippen molar-refractivity contribution in [1.82, 2.24) is 4.90 Å². The first kappa shape index (κ1) is 18.3. The van der Waals surface area contributed by atoms with Gasteiger partial charge < -0.3 is 14.6 Å². The van der Waals surface area contributed by atoms with Crippen LogP contribution in [0.3, 0.4) is 0 Å². The summed E-state index contributed by atoms with van der Waals surface area (Å²) < 4.78 is 5.13. The molecular weight excluding hydrogens is 360 g/mol. The minimum atomic E-state index is -0.300. The molecule has 0 unspecified atom stereocenters. The highest BCUT2D eigenvalue weighted by atomic mass is 32.1. The number of nitrogens with zero attached hydrogens (tertiary/aromatic N) is 1. The van der Waals surface area contributed by atoms with Gasteiger partial charge >= 0.3 is 0 Å². The first-order valence-electron chi connectivity index (χ1n) is 9.42. The zero-order valence-corrected chi connectivity index (χ0v) is 17.1. The predicted molar refractivity (Wildman–Crippen MR) is 106 cm³/mol. The first-order chi connectivity index (χ1) is 12.7. The van der Waals surface area contributed by atoms with Crippen molar-refractivity contribution in [3.8, 4) is 0 Å². The van der Waals surface area contributed by atoms with Crippen LogP contribution in [-0.4, -0.2) is 29.3 Å². The Morgan fingerprint density at radius 2 is 2.07 bits per heavy atom. The van der Waals surface area contributed by atoms with Gasteiger partial charge in [0.1, 0.15) is 0 Å². The summed E-state index contributed by atoms with van der Waals surface area (Å²) in [5.74, 6) is 0.0615. The number of likely N-dealkylation sites (tertiary alicyclic amines) is 1. The molecule has 0 aromatic carbocycles. The molecule has 2 aliphatic rings. The monoisotopic (exact) mass is 386 g/mol. The highest BCUT2D eigenvalue weighted by Gasteiger charge is 2.51. The van der Waals surface area contributed by atoms with Crippen LogP contribution in [0.4, 0.5) is 5.00 Å². The molecule has 0 radical (unpaired) electrons. The van der Waals surface area contributed by atoms with Crippen LogP contribution in [0.25, 0.3) is 0 Å². The maximum Gasteiger partial charge on any atom is 0.291 e. The SMILES string of the molecule is Cc1cc(NC(=O)c2ccco2)sc1C(=O)N1C[C@]2(C)C[C@@H]1CC(C)(C)C2. The van der Waals surface area contributed by atoms with E-state index in [0.29, 0.717) is 11.0 Å². The lowest BCUT2D eigenvalue weighted by molar-refractivity contribution is 0.0712. The van der Waals surface area contributed by atoms with Crippen molar-refractivity contribution >= 4 is 28.2 Å². The number of anilines is 1. The van der Waals surface area contributed by atoms with Gasteiger partial charge in [-0.1, -0.05) is 20.8 Å². The van der Waals surface area contributed by atoms with Crippen molar-refractivity contribution in [2.24, 2.45) is 10.8 Å². The van der Waals surface area contributed by atoms with Gasteiger partial charge in [-0.25, -0.2) is 0 Å². The number of thiophene rings is 1. The lowest BCUT2D eigenvalue weighted by Gasteiger charge is -2.39. The van der Waals surface area contributed by atoms with Gasteiger partial charge in [0.05, 0.1) is 16.1 Å². The second kappa shape index (κ2) is 6.23. The molecule has 1 saturated heterocycles. The fourth-order valence-electron chi connectivity index (χ4n) is 5.17. The average molecular weight is 387 g/mol. The summed E-state index contributed by atoms with van der Waals surface area (Å²) in [7, 11) is 0. The number of furan rings is 1. The molecule has 2 bridgehead atoms. The van der Waals surface area contributed by atoms with E-state index in [9.17, 15) is 9.59 Å². The molecule has 0 spiro atoms. The van der Waals surface area contributed by atoms with E-state index < -0.39 is 0 Å². The Balaban J connectivity index is 1.53. The van der Waals surface area contributed by atoms with Gasteiger partial charge in [-0.05, 0) is 60.8 Å². The largest absolute Gasteiger partial charge is 0.459 e. The van der Waals surface area contributed by atoms with Crippen molar-refractivity contribution in [2.75, 3.05) is 11.9 Å². The summed E-state index contributed by atoms with van der Waals surface area (Å²) in [6.45, 7) is 9.68. The number of carbonyl (C=O) groups is 2. The van der Waals surface area contributed by atoms with Crippen LogP contribution in [0.2, 0.25) is 0 Å². The van der Waals surface area contributed by atoms with Crippen LogP contribution >= 0.6 is 11.3 Å². The number of aryl methyl sites for hydroxylation is 1. The molecule has 27 heavy (non-hydrogen) atoms. The summed E-state index contributed by atoms with van der Waals surface area (Å²) >= 11 is 1.35. The van der Waals surface area contributed by atoms with E-state index in [-0.39, 0.29) is 28.4 Å². The number of nitrogens with one attached hydrogen (secondary N) is 1. The molecule has 2 aromatic rings. The van der Waals surface area contributed by atoms with Gasteiger partial charge in [-0.2, -0.15) is 0 Å². The fraction of sp³-hybridized carbons (Fsp3) is 0.524. The molecule has 4 rings (SSSR count). The van der Waals surface area contributed by atoms with Gasteiger partial charge in [0, 0.05) is 12.6 Å². The molecule has 2 fully saturated rings. The molecule has 5 nitrogen and oxygen atoms in total. The minimum absolute atomic E-state index is 0.0995. The Morgan fingerprint density at radius 1 is 1.30 bits per heavy atom. The predicted octanol–water partition coefficient (Wildman–Crippen LogP) is 4.94. The zero-order valence-electron chi connectivity index (χ0n) is 16.3. The van der Waals surface area contributed by atoms with Crippen LogP contribution in [-0.2, 0) is 0 Å². The number of rotatable bonds is 3. The van der Waals surface area contributed by atoms with E-state index in [1.54, 1.807) is 12.1 Å². The Kier molecular flexibility index (Phi) is 4.22. The third-order valence-corrected chi connectivity index (χ3v) is 6.91. The van der Waals surface area contributed by atoms with Crippen LogP contribution < -0.4 is 5.32 Å². The summed E-state index contributed by atoms with van der Waals surface area (Å²) in [5.41, 5.74) is 1.40. The van der Waals surface area contributed by atoms with Crippen molar-refractivity contribution in [1.29, 1.82) is 0 Å². The molecular formula is C21H26N2O3S.